The number of hydrogen-bond donors (Lipinski definition) is 2. The van der Waals surface area contributed by atoms with E-state index in [1.54, 1.807) is 49.9 Å². The molecule has 1 aliphatic heterocycles. The zero-order valence-electron chi connectivity index (χ0n) is 14.9. The van der Waals surface area contributed by atoms with Crippen LogP contribution in [0.15, 0.2) is 42.5 Å². The standard InChI is InChI=1S/C19H19N3O5/c1-21(2)19(25)13-5-3-12(4-6-13)10-22-15-9-14(18(24)20-26)7-8-16(15)27-11-17(22)23/h3-9,26H,10-11H2,1-2H3,(H,20,24). The molecule has 0 spiro atoms. The monoisotopic (exact) mass is 369 g/mol. The molecule has 0 radical (unpaired) electrons. The summed E-state index contributed by atoms with van der Waals surface area (Å²) in [5, 5.41) is 8.81. The summed E-state index contributed by atoms with van der Waals surface area (Å²) in [6.45, 7) is 0.158. The maximum Gasteiger partial charge on any atom is 0.274 e. The van der Waals surface area contributed by atoms with Crippen molar-refractivity contribution in [3.05, 3.63) is 59.2 Å². The van der Waals surface area contributed by atoms with Crippen LogP contribution in [0.4, 0.5) is 5.69 Å². The van der Waals surface area contributed by atoms with Crippen LogP contribution < -0.4 is 15.1 Å². The average molecular weight is 369 g/mol. The molecule has 0 aliphatic carbocycles. The SMILES string of the molecule is CN(C)C(=O)c1ccc(CN2C(=O)COc3ccc(C(=O)NO)cc32)cc1. The molecule has 0 aromatic heterocycles. The van der Waals surface area contributed by atoms with Crippen molar-refractivity contribution in [2.24, 2.45) is 0 Å². The number of ether oxygens (including phenoxy) is 1. The third-order valence-corrected chi connectivity index (χ3v) is 4.21. The number of carbonyl (C=O) groups excluding carboxylic acids is 3. The second-order valence-corrected chi connectivity index (χ2v) is 6.29. The van der Waals surface area contributed by atoms with Crippen LogP contribution in [0.3, 0.4) is 0 Å². The molecule has 1 aliphatic rings. The largest absolute Gasteiger partial charge is 0.482 e. The van der Waals surface area contributed by atoms with Crippen molar-refractivity contribution in [3.63, 3.8) is 0 Å². The number of hydrogen-bond acceptors (Lipinski definition) is 5. The molecule has 27 heavy (non-hydrogen) atoms. The molecule has 1 heterocycles. The van der Waals surface area contributed by atoms with E-state index in [9.17, 15) is 14.4 Å². The third-order valence-electron chi connectivity index (χ3n) is 4.21. The van der Waals surface area contributed by atoms with Gasteiger partial charge in [0.05, 0.1) is 12.2 Å². The summed E-state index contributed by atoms with van der Waals surface area (Å²) < 4.78 is 5.41. The summed E-state index contributed by atoms with van der Waals surface area (Å²) in [6, 6.07) is 11.5. The number of amides is 3. The second kappa shape index (κ2) is 7.46. The lowest BCUT2D eigenvalue weighted by molar-refractivity contribution is -0.121. The summed E-state index contributed by atoms with van der Waals surface area (Å²) in [5.74, 6) is -0.558. The zero-order valence-corrected chi connectivity index (χ0v) is 14.9. The number of nitrogens with zero attached hydrogens (tertiary/aromatic N) is 2. The van der Waals surface area contributed by atoms with Gasteiger partial charge in [-0.3, -0.25) is 19.6 Å². The minimum atomic E-state index is -0.678. The fraction of sp³-hybridized carbons (Fsp3) is 0.211. The molecule has 0 saturated heterocycles. The molecule has 0 atom stereocenters. The van der Waals surface area contributed by atoms with Crippen molar-refractivity contribution in [2.75, 3.05) is 25.6 Å². The second-order valence-electron chi connectivity index (χ2n) is 6.29. The van der Waals surface area contributed by atoms with Crippen molar-refractivity contribution in [1.29, 1.82) is 0 Å². The Labute approximate surface area is 155 Å². The Bertz CT molecular complexity index is 893. The first-order valence-corrected chi connectivity index (χ1v) is 8.23. The number of rotatable bonds is 4. The van der Waals surface area contributed by atoms with Gasteiger partial charge in [-0.2, -0.15) is 0 Å². The Kier molecular flexibility index (Phi) is 5.09. The van der Waals surface area contributed by atoms with Gasteiger partial charge in [0.25, 0.3) is 17.7 Å². The van der Waals surface area contributed by atoms with Gasteiger partial charge in [0.1, 0.15) is 5.75 Å². The molecule has 140 valence electrons. The lowest BCUT2D eigenvalue weighted by Crippen LogP contribution is -2.38. The molecule has 0 unspecified atom stereocenters. The fourth-order valence-electron chi connectivity index (χ4n) is 2.77. The van der Waals surface area contributed by atoms with Crippen LogP contribution in [-0.4, -0.2) is 48.5 Å². The lowest BCUT2D eigenvalue weighted by Gasteiger charge is -2.29. The first-order chi connectivity index (χ1) is 12.9. The fourth-order valence-corrected chi connectivity index (χ4v) is 2.77. The van der Waals surface area contributed by atoms with E-state index in [0.717, 1.165) is 5.56 Å². The smallest absolute Gasteiger partial charge is 0.274 e. The van der Waals surface area contributed by atoms with Crippen molar-refractivity contribution in [2.45, 2.75) is 6.54 Å². The number of hydroxylamine groups is 1. The third kappa shape index (κ3) is 3.75. The van der Waals surface area contributed by atoms with E-state index < -0.39 is 5.91 Å². The predicted octanol–water partition coefficient (Wildman–Crippen LogP) is 1.43. The molecular weight excluding hydrogens is 350 g/mol. The predicted molar refractivity (Wildman–Crippen MR) is 96.8 cm³/mol. The van der Waals surface area contributed by atoms with Crippen molar-refractivity contribution in [3.8, 4) is 5.75 Å². The highest BCUT2D eigenvalue weighted by Crippen LogP contribution is 2.34. The van der Waals surface area contributed by atoms with Crippen LogP contribution in [0, 0.1) is 0 Å². The van der Waals surface area contributed by atoms with Gasteiger partial charge >= 0.3 is 0 Å². The number of carbonyl (C=O) groups is 3. The molecule has 2 aromatic rings. The van der Waals surface area contributed by atoms with E-state index in [-0.39, 0.29) is 30.5 Å². The van der Waals surface area contributed by atoms with Crippen molar-refractivity contribution in [1.82, 2.24) is 10.4 Å². The van der Waals surface area contributed by atoms with Gasteiger partial charge < -0.3 is 14.5 Å². The van der Waals surface area contributed by atoms with E-state index >= 15 is 0 Å². The van der Waals surface area contributed by atoms with Crippen LogP contribution in [0.2, 0.25) is 0 Å². The van der Waals surface area contributed by atoms with Gasteiger partial charge in [-0.05, 0) is 35.9 Å². The molecular formula is C19H19N3O5. The highest BCUT2D eigenvalue weighted by Gasteiger charge is 2.26. The van der Waals surface area contributed by atoms with Gasteiger partial charge in [0, 0.05) is 25.2 Å². The van der Waals surface area contributed by atoms with Crippen LogP contribution in [0.5, 0.6) is 5.75 Å². The lowest BCUT2D eigenvalue weighted by atomic mass is 10.1. The zero-order chi connectivity index (χ0) is 19.6. The van der Waals surface area contributed by atoms with Crippen LogP contribution in [0.1, 0.15) is 26.3 Å². The van der Waals surface area contributed by atoms with Gasteiger partial charge in [-0.15, -0.1) is 0 Å². The molecule has 0 bridgehead atoms. The first-order valence-electron chi connectivity index (χ1n) is 8.23. The molecule has 0 fully saturated rings. The van der Waals surface area contributed by atoms with E-state index in [2.05, 4.69) is 0 Å². The Morgan fingerprint density at radius 1 is 1.15 bits per heavy atom. The molecule has 3 rings (SSSR count). The van der Waals surface area contributed by atoms with E-state index in [0.29, 0.717) is 17.0 Å². The number of benzene rings is 2. The molecule has 2 N–H and O–H groups in total. The maximum absolute atomic E-state index is 12.4. The Morgan fingerprint density at radius 3 is 2.44 bits per heavy atom. The molecule has 2 aromatic carbocycles. The van der Waals surface area contributed by atoms with Crippen LogP contribution >= 0.6 is 0 Å². The van der Waals surface area contributed by atoms with Gasteiger partial charge in [-0.1, -0.05) is 12.1 Å². The maximum atomic E-state index is 12.4. The van der Waals surface area contributed by atoms with Gasteiger partial charge in [-0.25, -0.2) is 5.48 Å². The van der Waals surface area contributed by atoms with Gasteiger partial charge in [0.2, 0.25) is 0 Å². The van der Waals surface area contributed by atoms with E-state index in [4.69, 9.17) is 9.94 Å². The van der Waals surface area contributed by atoms with E-state index in [1.165, 1.54) is 21.9 Å². The Hall–Kier alpha value is -3.39. The van der Waals surface area contributed by atoms with Crippen molar-refractivity contribution >= 4 is 23.4 Å². The highest BCUT2D eigenvalue weighted by molar-refractivity contribution is 6.01. The molecule has 8 heteroatoms. The number of fused-ring (bicyclic) bond motifs is 1. The van der Waals surface area contributed by atoms with Crippen molar-refractivity contribution < 1.29 is 24.3 Å². The Morgan fingerprint density at radius 2 is 1.81 bits per heavy atom. The molecule has 3 amide bonds. The van der Waals surface area contributed by atoms with Crippen LogP contribution in [-0.2, 0) is 11.3 Å². The summed E-state index contributed by atoms with van der Waals surface area (Å²) in [5.41, 5.74) is 3.59. The summed E-state index contributed by atoms with van der Waals surface area (Å²) >= 11 is 0. The van der Waals surface area contributed by atoms with Crippen LogP contribution in [0.25, 0.3) is 0 Å². The first kappa shape index (κ1) is 18.4. The average Bonchev–Trinajstić information content (AvgIpc) is 2.69. The minimum absolute atomic E-state index is 0.101. The topological polar surface area (TPSA) is 99.2 Å². The highest BCUT2D eigenvalue weighted by atomic mass is 16.5. The summed E-state index contributed by atoms with van der Waals surface area (Å²) in [6.07, 6.45) is 0. The number of nitrogens with one attached hydrogen (secondary N) is 1. The van der Waals surface area contributed by atoms with Gasteiger partial charge in [0.15, 0.2) is 6.61 Å². The summed E-state index contributed by atoms with van der Waals surface area (Å²) in [7, 11) is 3.36. The molecule has 8 nitrogen and oxygen atoms in total. The number of anilines is 1. The minimum Gasteiger partial charge on any atom is -0.482 e. The molecule has 0 saturated carbocycles. The summed E-state index contributed by atoms with van der Waals surface area (Å²) in [4.78, 5) is 39.0. The quantitative estimate of drug-likeness (QED) is 0.627. The van der Waals surface area contributed by atoms with E-state index in [1.807, 2.05) is 0 Å². The Balaban J connectivity index is 1.88. The normalized spacial score (nSPS) is 12.9.